The van der Waals surface area contributed by atoms with Crippen LogP contribution in [0.15, 0.2) is 49.1 Å². The van der Waals surface area contributed by atoms with E-state index in [2.05, 4.69) is 36.8 Å². The average Bonchev–Trinajstić information content (AvgIpc) is 3.59. The summed E-state index contributed by atoms with van der Waals surface area (Å²) in [5.41, 5.74) is 10.7. The lowest BCUT2D eigenvalue weighted by molar-refractivity contribution is 0.395. The van der Waals surface area contributed by atoms with Crippen molar-refractivity contribution < 1.29 is 9.47 Å². The second kappa shape index (κ2) is 12.6. The number of nitrogens with zero attached hydrogens (tertiary/aromatic N) is 7. The zero-order valence-corrected chi connectivity index (χ0v) is 24.8. The lowest BCUT2D eigenvalue weighted by atomic mass is 10.1. The minimum atomic E-state index is 0. The maximum Gasteiger partial charge on any atom is 0.225 e. The fourth-order valence-corrected chi connectivity index (χ4v) is 5.43. The molecule has 5 heterocycles. The van der Waals surface area contributed by atoms with Crippen molar-refractivity contribution in [1.29, 1.82) is 0 Å². The number of methoxy groups -OCH3 is 2. The van der Waals surface area contributed by atoms with Crippen LogP contribution >= 0.6 is 36.4 Å². The molecule has 2 aliphatic heterocycles. The molecule has 13 heteroatoms. The fourth-order valence-electron chi connectivity index (χ4n) is 5.19. The number of benzene rings is 1. The van der Waals surface area contributed by atoms with Crippen LogP contribution in [0.5, 0.6) is 11.5 Å². The van der Waals surface area contributed by atoms with Crippen molar-refractivity contribution in [2.24, 2.45) is 5.73 Å². The first-order chi connectivity index (χ1) is 18.5. The predicted octanol–water partition coefficient (Wildman–Crippen LogP) is 4.17. The molecule has 0 aliphatic carbocycles. The quantitative estimate of drug-likeness (QED) is 0.346. The highest BCUT2D eigenvalue weighted by Crippen LogP contribution is 2.38. The summed E-state index contributed by atoms with van der Waals surface area (Å²) in [6, 6.07) is 8.08. The average molecular weight is 608 g/mol. The summed E-state index contributed by atoms with van der Waals surface area (Å²) in [4.78, 5) is 21.0. The molecular weight excluding hydrogens is 575 g/mol. The molecule has 40 heavy (non-hydrogen) atoms. The van der Waals surface area contributed by atoms with Crippen LogP contribution in [0.25, 0.3) is 16.9 Å². The van der Waals surface area contributed by atoms with E-state index in [-0.39, 0.29) is 30.9 Å². The minimum absolute atomic E-state index is 0. The smallest absolute Gasteiger partial charge is 0.225 e. The molecule has 0 bridgehead atoms. The zero-order valence-electron chi connectivity index (χ0n) is 22.4. The van der Waals surface area contributed by atoms with Crippen molar-refractivity contribution >= 4 is 59.4 Å². The van der Waals surface area contributed by atoms with Gasteiger partial charge < -0.3 is 34.3 Å². The number of aromatic nitrogens is 4. The van der Waals surface area contributed by atoms with E-state index >= 15 is 0 Å². The molecule has 1 aromatic carbocycles. The minimum Gasteiger partial charge on any atom is -0.496 e. The van der Waals surface area contributed by atoms with Crippen LogP contribution in [0.2, 0.25) is 5.02 Å². The molecule has 214 valence electrons. The molecule has 2 saturated heterocycles. The maximum atomic E-state index is 6.39. The van der Waals surface area contributed by atoms with Crippen molar-refractivity contribution in [2.45, 2.75) is 12.5 Å². The van der Waals surface area contributed by atoms with Crippen molar-refractivity contribution in [1.82, 2.24) is 19.4 Å². The molecule has 6 rings (SSSR count). The number of imidazole rings is 1. The molecule has 0 saturated carbocycles. The molecule has 2 aliphatic rings. The van der Waals surface area contributed by atoms with Gasteiger partial charge in [0.2, 0.25) is 5.95 Å². The Balaban J connectivity index is 0.00000185. The van der Waals surface area contributed by atoms with Gasteiger partial charge in [-0.3, -0.25) is 0 Å². The lowest BCUT2D eigenvalue weighted by Gasteiger charge is -2.37. The van der Waals surface area contributed by atoms with Gasteiger partial charge in [-0.05, 0) is 18.6 Å². The van der Waals surface area contributed by atoms with E-state index in [1.54, 1.807) is 20.3 Å². The molecule has 10 nitrogen and oxygen atoms in total. The van der Waals surface area contributed by atoms with E-state index in [4.69, 9.17) is 31.8 Å². The van der Waals surface area contributed by atoms with Crippen molar-refractivity contribution in [3.8, 4) is 22.8 Å². The van der Waals surface area contributed by atoms with Crippen LogP contribution in [0, 0.1) is 0 Å². The Hall–Kier alpha value is -3.18. The van der Waals surface area contributed by atoms with Gasteiger partial charge in [-0.25, -0.2) is 15.0 Å². The standard InChI is InChI=1S/C27H31ClN8O2.2ClH/c1-37-24-13-25(38-2)22(28)12-21(24)23-17-35-6-4-19(11-26(35)32-23)33-7-9-34(10-8-33)20-14-30-27(31-15-20)36-5-3-18(29)16-36;;/h4,6,11-15,17-18H,3,5,7-10,16,29H2,1-2H3;2*1H. The first-order valence-electron chi connectivity index (χ1n) is 12.8. The third-order valence-corrected chi connectivity index (χ3v) is 7.63. The molecule has 4 aromatic rings. The fraction of sp³-hybridized carbons (Fsp3) is 0.370. The van der Waals surface area contributed by atoms with Crippen LogP contribution in [0.1, 0.15) is 6.42 Å². The van der Waals surface area contributed by atoms with Crippen molar-refractivity contribution in [3.05, 3.63) is 54.1 Å². The molecule has 1 atom stereocenters. The van der Waals surface area contributed by atoms with Crippen LogP contribution in [0.3, 0.4) is 0 Å². The summed E-state index contributed by atoms with van der Waals surface area (Å²) in [6.45, 7) is 5.32. The first kappa shape index (κ1) is 29.8. The maximum absolute atomic E-state index is 6.39. The van der Waals surface area contributed by atoms with Gasteiger partial charge in [0, 0.05) is 81.1 Å². The highest BCUT2D eigenvalue weighted by atomic mass is 35.5. The Morgan fingerprint density at radius 1 is 0.875 bits per heavy atom. The number of rotatable bonds is 6. The zero-order chi connectivity index (χ0) is 26.2. The second-order valence-electron chi connectivity index (χ2n) is 9.67. The third-order valence-electron chi connectivity index (χ3n) is 7.34. The molecule has 0 spiro atoms. The molecule has 2 fully saturated rings. The van der Waals surface area contributed by atoms with Crippen molar-refractivity contribution in [3.63, 3.8) is 0 Å². The monoisotopic (exact) mass is 606 g/mol. The van der Waals surface area contributed by atoms with E-state index in [0.29, 0.717) is 16.5 Å². The summed E-state index contributed by atoms with van der Waals surface area (Å²) in [5, 5.41) is 0.513. The molecule has 0 radical (unpaired) electrons. The Morgan fingerprint density at radius 3 is 2.17 bits per heavy atom. The van der Waals surface area contributed by atoms with E-state index in [1.165, 1.54) is 0 Å². The van der Waals surface area contributed by atoms with Gasteiger partial charge in [0.1, 0.15) is 17.1 Å². The van der Waals surface area contributed by atoms with Crippen LogP contribution in [-0.4, -0.2) is 78.9 Å². The first-order valence-corrected chi connectivity index (χ1v) is 13.1. The molecular formula is C27H33Cl3N8O2. The highest BCUT2D eigenvalue weighted by molar-refractivity contribution is 6.32. The molecule has 1 unspecified atom stereocenters. The van der Waals surface area contributed by atoms with Gasteiger partial charge in [0.25, 0.3) is 0 Å². The number of ether oxygens (including phenoxy) is 2. The van der Waals surface area contributed by atoms with E-state index in [0.717, 1.165) is 79.9 Å². The number of hydrogen-bond donors (Lipinski definition) is 1. The Bertz CT molecular complexity index is 1440. The predicted molar refractivity (Wildman–Crippen MR) is 165 cm³/mol. The number of nitrogens with two attached hydrogens (primary N) is 1. The van der Waals surface area contributed by atoms with Gasteiger partial charge >= 0.3 is 0 Å². The normalized spacial score (nSPS) is 17.0. The number of fused-ring (bicyclic) bond motifs is 1. The van der Waals surface area contributed by atoms with Gasteiger partial charge in [-0.2, -0.15) is 0 Å². The molecule has 3 aromatic heterocycles. The van der Waals surface area contributed by atoms with E-state index in [9.17, 15) is 0 Å². The molecule has 2 N–H and O–H groups in total. The summed E-state index contributed by atoms with van der Waals surface area (Å²) in [6.07, 6.45) is 8.88. The van der Waals surface area contributed by atoms with Gasteiger partial charge in [0.05, 0.1) is 43.0 Å². The topological polar surface area (TPSA) is 97.3 Å². The summed E-state index contributed by atoms with van der Waals surface area (Å²) >= 11 is 6.39. The molecule has 0 amide bonds. The van der Waals surface area contributed by atoms with Gasteiger partial charge in [-0.1, -0.05) is 11.6 Å². The number of hydrogen-bond acceptors (Lipinski definition) is 9. The summed E-state index contributed by atoms with van der Waals surface area (Å²) in [7, 11) is 3.21. The van der Waals surface area contributed by atoms with Crippen LogP contribution in [-0.2, 0) is 0 Å². The van der Waals surface area contributed by atoms with E-state index < -0.39 is 0 Å². The number of anilines is 3. The van der Waals surface area contributed by atoms with E-state index in [1.807, 2.05) is 35.3 Å². The lowest BCUT2D eigenvalue weighted by Crippen LogP contribution is -2.46. The highest BCUT2D eigenvalue weighted by Gasteiger charge is 2.23. The van der Waals surface area contributed by atoms with Gasteiger partial charge in [-0.15, -0.1) is 24.8 Å². The Labute approximate surface area is 250 Å². The Morgan fingerprint density at radius 2 is 1.55 bits per heavy atom. The van der Waals surface area contributed by atoms with Crippen molar-refractivity contribution in [2.75, 3.05) is 68.2 Å². The number of halogens is 3. The largest absolute Gasteiger partial charge is 0.496 e. The van der Waals surface area contributed by atoms with Crippen LogP contribution in [0.4, 0.5) is 17.3 Å². The third kappa shape index (κ3) is 5.81. The second-order valence-corrected chi connectivity index (χ2v) is 10.1. The van der Waals surface area contributed by atoms with Crippen LogP contribution < -0.4 is 29.9 Å². The number of piperazine rings is 1. The SMILES string of the molecule is COc1cc(OC)c(-c2cn3ccc(N4CCN(c5cnc(N6CCC(N)C6)nc5)CC4)cc3n2)cc1Cl.Cl.Cl. The Kier molecular flexibility index (Phi) is 9.35. The summed E-state index contributed by atoms with van der Waals surface area (Å²) in [5.74, 6) is 1.99. The number of pyridine rings is 1. The summed E-state index contributed by atoms with van der Waals surface area (Å²) < 4.78 is 12.9. The van der Waals surface area contributed by atoms with Gasteiger partial charge in [0.15, 0.2) is 0 Å².